The Kier molecular flexibility index (Phi) is 6.42. The number of rotatable bonds is 3. The standard InChI is InChI=1S/C65H33N/c66-34-35-15-17-36(18-16-35)39-27-42-33-58-51-24-21-47-45-19-22-49-55-30-40-28-53(37-9-3-1-4-10-37)54(38-11-5-2-6-12-38)29-41(40)31-56(55)50-23-20-46(60(45)62(49)50)48-25-26-52(63(51)61(47)48)64(58)65-44-14-8-7-13-43(44)57(32-39)59(42)65/h1-33H. The molecule has 0 fully saturated rings. The number of nitrogens with zero attached hydrogens (tertiary/aromatic N) is 1. The van der Waals surface area contributed by atoms with Crippen LogP contribution in [0.4, 0.5) is 0 Å². The van der Waals surface area contributed by atoms with Gasteiger partial charge in [-0.25, -0.2) is 0 Å². The van der Waals surface area contributed by atoms with E-state index in [9.17, 15) is 5.26 Å². The van der Waals surface area contributed by atoms with Gasteiger partial charge in [0.1, 0.15) is 0 Å². The molecule has 1 nitrogen and oxygen atoms in total. The summed E-state index contributed by atoms with van der Waals surface area (Å²) in [5, 5.41) is 35.9. The molecule has 66 heavy (non-hydrogen) atoms. The molecule has 15 aromatic carbocycles. The Labute approximate surface area is 378 Å². The van der Waals surface area contributed by atoms with Crippen molar-refractivity contribution in [1.29, 1.82) is 5.26 Å². The zero-order chi connectivity index (χ0) is 42.9. The summed E-state index contributed by atoms with van der Waals surface area (Å²) in [6.07, 6.45) is 0. The minimum absolute atomic E-state index is 0.675. The van der Waals surface area contributed by atoms with E-state index in [4.69, 9.17) is 0 Å². The summed E-state index contributed by atoms with van der Waals surface area (Å²) in [7, 11) is 0. The Morgan fingerprint density at radius 3 is 1.29 bits per heavy atom. The molecule has 0 N–H and O–H groups in total. The van der Waals surface area contributed by atoms with E-state index in [0.29, 0.717) is 5.56 Å². The normalized spacial score (nSPS) is 12.5. The van der Waals surface area contributed by atoms with Gasteiger partial charge in [-0.1, -0.05) is 146 Å². The van der Waals surface area contributed by atoms with Crippen molar-refractivity contribution in [3.05, 3.63) is 206 Å². The maximum absolute atomic E-state index is 9.51. The molecule has 0 bridgehead atoms. The summed E-state index contributed by atoms with van der Waals surface area (Å²) in [6, 6.07) is 77.1. The van der Waals surface area contributed by atoms with Crippen LogP contribution in [0, 0.1) is 11.3 Å². The minimum atomic E-state index is 0.675. The largest absolute Gasteiger partial charge is 0.192 e. The molecule has 0 unspecified atom stereocenters. The highest BCUT2D eigenvalue weighted by molar-refractivity contribution is 6.49. The van der Waals surface area contributed by atoms with Gasteiger partial charge in [-0.3, -0.25) is 0 Å². The first kappa shape index (κ1) is 34.6. The zero-order valence-corrected chi connectivity index (χ0v) is 35.5. The van der Waals surface area contributed by atoms with Gasteiger partial charge in [0.05, 0.1) is 11.6 Å². The van der Waals surface area contributed by atoms with E-state index >= 15 is 0 Å². The molecule has 0 radical (unpaired) electrons. The zero-order valence-electron chi connectivity index (χ0n) is 35.5. The maximum Gasteiger partial charge on any atom is 0.0991 e. The van der Waals surface area contributed by atoms with E-state index in [0.717, 1.165) is 5.56 Å². The van der Waals surface area contributed by atoms with E-state index in [1.54, 1.807) is 0 Å². The van der Waals surface area contributed by atoms with Crippen molar-refractivity contribution in [1.82, 2.24) is 0 Å². The van der Waals surface area contributed by atoms with E-state index in [2.05, 4.69) is 194 Å². The highest BCUT2D eigenvalue weighted by atomic mass is 14.3. The number of fused-ring (bicyclic) bond motifs is 13. The second-order valence-corrected chi connectivity index (χ2v) is 18.5. The highest BCUT2D eigenvalue weighted by Gasteiger charge is 2.28. The number of hydrogen-bond donors (Lipinski definition) is 0. The Balaban J connectivity index is 0.954. The molecule has 0 saturated heterocycles. The minimum Gasteiger partial charge on any atom is -0.192 e. The average Bonchev–Trinajstić information content (AvgIpc) is 4.01. The van der Waals surface area contributed by atoms with Crippen molar-refractivity contribution in [3.8, 4) is 61.7 Å². The van der Waals surface area contributed by atoms with Gasteiger partial charge in [0.2, 0.25) is 0 Å². The average molecular weight is 828 g/mol. The summed E-state index contributed by atoms with van der Waals surface area (Å²) in [5.74, 6) is 0. The quantitative estimate of drug-likeness (QED) is 0.129. The van der Waals surface area contributed by atoms with Crippen molar-refractivity contribution < 1.29 is 0 Å². The summed E-state index contributed by atoms with van der Waals surface area (Å²) in [5.41, 5.74) is 13.2. The molecule has 1 aliphatic carbocycles. The molecule has 0 heterocycles. The van der Waals surface area contributed by atoms with Crippen LogP contribution in [0.1, 0.15) is 5.56 Å². The monoisotopic (exact) mass is 827 g/mol. The first-order valence-electron chi connectivity index (χ1n) is 22.9. The SMILES string of the molecule is N#Cc1ccc(-c2cc3cc4c5ccc6c7ccc8c9c(ccc(c%10ccc(c5c6%10)c4c4c5ccccc5c(c2)c34)c97)-c2cc3cc(-c4ccccc4)c(-c4ccccc4)cc3cc2-8)cc1. The molecule has 0 atom stereocenters. The molecule has 15 aromatic rings. The first-order chi connectivity index (χ1) is 32.7. The maximum atomic E-state index is 9.51. The summed E-state index contributed by atoms with van der Waals surface area (Å²) in [6.45, 7) is 0. The van der Waals surface area contributed by atoms with Gasteiger partial charge in [-0.15, -0.1) is 0 Å². The van der Waals surface area contributed by atoms with Gasteiger partial charge in [-0.05, 0) is 218 Å². The van der Waals surface area contributed by atoms with Crippen LogP contribution in [0.2, 0.25) is 0 Å². The second-order valence-electron chi connectivity index (χ2n) is 18.5. The third-order valence-corrected chi connectivity index (χ3v) is 15.4. The number of nitriles is 1. The molecule has 298 valence electrons. The van der Waals surface area contributed by atoms with Crippen LogP contribution in [-0.2, 0) is 0 Å². The van der Waals surface area contributed by atoms with Crippen LogP contribution in [0.3, 0.4) is 0 Å². The van der Waals surface area contributed by atoms with E-state index in [1.807, 2.05) is 12.1 Å². The predicted molar refractivity (Wildman–Crippen MR) is 281 cm³/mol. The van der Waals surface area contributed by atoms with Gasteiger partial charge in [0, 0.05) is 0 Å². The topological polar surface area (TPSA) is 23.8 Å². The lowest BCUT2D eigenvalue weighted by Gasteiger charge is -2.16. The third-order valence-electron chi connectivity index (χ3n) is 15.4. The van der Waals surface area contributed by atoms with Gasteiger partial charge in [0.15, 0.2) is 0 Å². The van der Waals surface area contributed by atoms with E-state index in [-0.39, 0.29) is 0 Å². The molecule has 0 aromatic heterocycles. The summed E-state index contributed by atoms with van der Waals surface area (Å²) < 4.78 is 0. The summed E-state index contributed by atoms with van der Waals surface area (Å²) >= 11 is 0. The fraction of sp³-hybridized carbons (Fsp3) is 0. The number of hydrogen-bond acceptors (Lipinski definition) is 1. The van der Waals surface area contributed by atoms with E-state index < -0.39 is 0 Å². The fourth-order valence-corrected chi connectivity index (χ4v) is 12.6. The van der Waals surface area contributed by atoms with E-state index in [1.165, 1.54) is 158 Å². The Morgan fingerprint density at radius 2 is 0.682 bits per heavy atom. The van der Waals surface area contributed by atoms with Crippen molar-refractivity contribution in [2.75, 3.05) is 0 Å². The van der Waals surface area contributed by atoms with Crippen LogP contribution in [0.15, 0.2) is 200 Å². The molecule has 0 saturated carbocycles. The Hall–Kier alpha value is -8.83. The van der Waals surface area contributed by atoms with Crippen molar-refractivity contribution in [2.45, 2.75) is 0 Å². The molecule has 1 heteroatoms. The van der Waals surface area contributed by atoms with Crippen molar-refractivity contribution in [2.24, 2.45) is 0 Å². The molecule has 1 aliphatic rings. The van der Waals surface area contributed by atoms with Gasteiger partial charge in [-0.2, -0.15) is 5.26 Å². The number of benzene rings is 13. The Bertz CT molecular complexity index is 4510. The van der Waals surface area contributed by atoms with Gasteiger partial charge < -0.3 is 0 Å². The lowest BCUT2D eigenvalue weighted by Crippen LogP contribution is -1.88. The van der Waals surface area contributed by atoms with Gasteiger partial charge in [0.25, 0.3) is 0 Å². The van der Waals surface area contributed by atoms with Gasteiger partial charge >= 0.3 is 0 Å². The first-order valence-corrected chi connectivity index (χ1v) is 22.9. The molecule has 0 aliphatic heterocycles. The molecular formula is C65H33N. The van der Waals surface area contributed by atoms with Crippen molar-refractivity contribution in [3.63, 3.8) is 0 Å². The van der Waals surface area contributed by atoms with Crippen LogP contribution in [0.5, 0.6) is 0 Å². The highest BCUT2D eigenvalue weighted by Crippen LogP contribution is 2.56. The van der Waals surface area contributed by atoms with Crippen LogP contribution in [-0.4, -0.2) is 0 Å². The van der Waals surface area contributed by atoms with Crippen LogP contribution < -0.4 is 0 Å². The second kappa shape index (κ2) is 12.2. The lowest BCUT2D eigenvalue weighted by molar-refractivity contribution is 1.48. The smallest absolute Gasteiger partial charge is 0.0991 e. The molecular weight excluding hydrogens is 795 g/mol. The Morgan fingerprint density at radius 1 is 0.227 bits per heavy atom. The summed E-state index contributed by atoms with van der Waals surface area (Å²) in [4.78, 5) is 0. The predicted octanol–water partition coefficient (Wildman–Crippen LogP) is 18.1. The lowest BCUT2D eigenvalue weighted by atomic mass is 9.87. The van der Waals surface area contributed by atoms with Crippen LogP contribution in [0.25, 0.3) is 163 Å². The van der Waals surface area contributed by atoms with Crippen molar-refractivity contribution >= 4 is 108 Å². The molecule has 0 spiro atoms. The fourth-order valence-electron chi connectivity index (χ4n) is 12.6. The van der Waals surface area contributed by atoms with Crippen LogP contribution >= 0.6 is 0 Å². The third kappa shape index (κ3) is 4.29. The molecule has 0 amide bonds. The molecule has 16 rings (SSSR count).